The Hall–Kier alpha value is -1.71. The van der Waals surface area contributed by atoms with Gasteiger partial charge in [0.2, 0.25) is 0 Å². The molecule has 0 bridgehead atoms. The summed E-state index contributed by atoms with van der Waals surface area (Å²) in [5.41, 5.74) is 0.715. The Labute approximate surface area is 72.7 Å². The molecular weight excluding hydrogens is 149 g/mol. The van der Waals surface area contributed by atoms with Gasteiger partial charge in [-0.15, -0.1) is 12.2 Å². The normalized spacial score (nSPS) is 6.58. The summed E-state index contributed by atoms with van der Waals surface area (Å²) in [5, 5.41) is 15.8. The van der Waals surface area contributed by atoms with Crippen LogP contribution in [0.3, 0.4) is 0 Å². The Kier molecular flexibility index (Phi) is 6.35. The summed E-state index contributed by atoms with van der Waals surface area (Å²) in [4.78, 5) is 0. The van der Waals surface area contributed by atoms with Crippen LogP contribution in [0.25, 0.3) is 0 Å². The van der Waals surface area contributed by atoms with E-state index in [-0.39, 0.29) is 0 Å². The van der Waals surface area contributed by atoms with E-state index in [0.717, 1.165) is 0 Å². The highest BCUT2D eigenvalue weighted by atomic mass is 16.2. The summed E-state index contributed by atoms with van der Waals surface area (Å²) in [5.74, 6) is 1.86. The molecule has 0 aromatic heterocycles. The van der Waals surface area contributed by atoms with E-state index in [1.807, 2.05) is 30.1 Å². The number of benzene rings is 1. The lowest BCUT2D eigenvalue weighted by Crippen LogP contribution is -1.73. The van der Waals surface area contributed by atoms with Crippen molar-refractivity contribution in [2.75, 3.05) is 0 Å². The zero-order valence-electron chi connectivity index (χ0n) is 6.44. The average molecular weight is 156 g/mol. The molecule has 0 aliphatic heterocycles. The van der Waals surface area contributed by atoms with Crippen molar-refractivity contribution < 1.29 is 5.02 Å². The zero-order chi connectivity index (χ0) is 9.23. The highest BCUT2D eigenvalue weighted by Crippen LogP contribution is 1.92. The van der Waals surface area contributed by atoms with E-state index >= 15 is 0 Å². The van der Waals surface area contributed by atoms with Crippen molar-refractivity contribution in [3.05, 3.63) is 35.9 Å². The van der Waals surface area contributed by atoms with Crippen molar-refractivity contribution in [1.82, 2.24) is 0 Å². The van der Waals surface area contributed by atoms with Gasteiger partial charge in [0.05, 0.1) is 11.6 Å². The standard InChI is InChI=1S/C7H5N.C2H2BO/c8-6-7-4-2-1-3-5-7;1-2-3-4/h1-5H;1,4H. The van der Waals surface area contributed by atoms with Crippen molar-refractivity contribution in [2.45, 2.75) is 0 Å². The third kappa shape index (κ3) is 5.11. The average Bonchev–Trinajstić information content (AvgIpc) is 2.19. The molecule has 0 unspecified atom stereocenters. The minimum atomic E-state index is 0.653. The van der Waals surface area contributed by atoms with Crippen LogP contribution < -0.4 is 0 Å². The molecule has 3 heteroatoms. The van der Waals surface area contributed by atoms with Crippen LogP contribution in [0.1, 0.15) is 5.56 Å². The Morgan fingerprint density at radius 2 is 1.83 bits per heavy atom. The van der Waals surface area contributed by atoms with E-state index in [1.165, 1.54) is 0 Å². The van der Waals surface area contributed by atoms with Gasteiger partial charge in [-0.25, -0.2) is 0 Å². The molecule has 0 amide bonds. The molecule has 0 heterocycles. The van der Waals surface area contributed by atoms with Crippen LogP contribution >= 0.6 is 0 Å². The Balaban J connectivity index is 0.000000261. The number of rotatable bonds is 0. The Morgan fingerprint density at radius 3 is 2.08 bits per heavy atom. The molecule has 0 saturated heterocycles. The van der Waals surface area contributed by atoms with Gasteiger partial charge < -0.3 is 5.02 Å². The van der Waals surface area contributed by atoms with Gasteiger partial charge in [-0.1, -0.05) is 18.2 Å². The molecule has 1 N–H and O–H groups in total. The Bertz CT molecular complexity index is 284. The van der Waals surface area contributed by atoms with E-state index in [9.17, 15) is 0 Å². The topological polar surface area (TPSA) is 44.0 Å². The number of nitrogens with zero attached hydrogens (tertiary/aromatic N) is 1. The predicted octanol–water partition coefficient (Wildman–Crippen LogP) is 0.747. The lowest BCUT2D eigenvalue weighted by molar-refractivity contribution is 0.617. The maximum absolute atomic E-state index is 8.29. The first kappa shape index (κ1) is 10.3. The lowest BCUT2D eigenvalue weighted by Gasteiger charge is -1.80. The van der Waals surface area contributed by atoms with Gasteiger partial charge in [0, 0.05) is 0 Å². The van der Waals surface area contributed by atoms with Crippen LogP contribution in [0, 0.1) is 23.6 Å². The molecule has 12 heavy (non-hydrogen) atoms. The SMILES string of the molecule is C#C[B]O.N#Cc1ccccc1. The minimum absolute atomic E-state index is 0.653. The number of hydrogen-bond acceptors (Lipinski definition) is 2. The van der Waals surface area contributed by atoms with Crippen molar-refractivity contribution in [3.8, 4) is 18.3 Å². The molecule has 1 aromatic rings. The van der Waals surface area contributed by atoms with Gasteiger partial charge >= 0.3 is 7.48 Å². The van der Waals surface area contributed by atoms with E-state index in [2.05, 4.69) is 6.42 Å². The van der Waals surface area contributed by atoms with Crippen LogP contribution in [0.15, 0.2) is 30.3 Å². The second-order valence-corrected chi connectivity index (χ2v) is 1.77. The smallest absolute Gasteiger partial charge is 0.388 e. The van der Waals surface area contributed by atoms with Gasteiger partial charge in [0.25, 0.3) is 0 Å². The second kappa shape index (κ2) is 7.40. The van der Waals surface area contributed by atoms with Crippen LogP contribution in [0.2, 0.25) is 0 Å². The van der Waals surface area contributed by atoms with Crippen molar-refractivity contribution in [2.24, 2.45) is 0 Å². The van der Waals surface area contributed by atoms with Gasteiger partial charge in [-0.3, -0.25) is 0 Å². The first-order chi connectivity index (χ1) is 5.85. The fourth-order valence-electron chi connectivity index (χ4n) is 0.513. The van der Waals surface area contributed by atoms with E-state index in [4.69, 9.17) is 10.3 Å². The molecule has 1 aromatic carbocycles. The van der Waals surface area contributed by atoms with Crippen molar-refractivity contribution >= 4 is 7.48 Å². The lowest BCUT2D eigenvalue weighted by atomic mass is 10.1. The highest BCUT2D eigenvalue weighted by Gasteiger charge is 1.79. The largest absolute Gasteiger partial charge is 0.443 e. The number of nitriles is 1. The van der Waals surface area contributed by atoms with Crippen molar-refractivity contribution in [3.63, 3.8) is 0 Å². The summed E-state index contributed by atoms with van der Waals surface area (Å²) in [7, 11) is 0.653. The monoisotopic (exact) mass is 156 g/mol. The number of terminal acetylenes is 1. The van der Waals surface area contributed by atoms with E-state index in [1.54, 1.807) is 12.1 Å². The molecule has 0 spiro atoms. The fraction of sp³-hybridized carbons (Fsp3) is 0. The third-order valence-corrected chi connectivity index (χ3v) is 0.977. The maximum atomic E-state index is 8.29. The molecule has 0 atom stereocenters. The molecule has 0 fully saturated rings. The van der Waals surface area contributed by atoms with Gasteiger partial charge in [0.1, 0.15) is 0 Å². The molecule has 1 radical (unpaired) electrons. The van der Waals surface area contributed by atoms with Crippen LogP contribution in [-0.2, 0) is 0 Å². The Morgan fingerprint density at radius 1 is 1.33 bits per heavy atom. The van der Waals surface area contributed by atoms with E-state index in [0.29, 0.717) is 13.0 Å². The second-order valence-electron chi connectivity index (χ2n) is 1.77. The summed E-state index contributed by atoms with van der Waals surface area (Å²) >= 11 is 0. The molecular formula is C9H7BNO. The molecule has 0 aliphatic carbocycles. The summed E-state index contributed by atoms with van der Waals surface area (Å²) in [6, 6.07) is 11.2. The first-order valence-electron chi connectivity index (χ1n) is 3.22. The molecule has 1 rings (SSSR count). The van der Waals surface area contributed by atoms with Gasteiger partial charge in [-0.05, 0) is 12.1 Å². The van der Waals surface area contributed by atoms with Gasteiger partial charge in [-0.2, -0.15) is 5.26 Å². The summed E-state index contributed by atoms with van der Waals surface area (Å²) in [6.45, 7) is 0. The van der Waals surface area contributed by atoms with Crippen molar-refractivity contribution in [1.29, 1.82) is 5.26 Å². The molecule has 0 aliphatic rings. The summed E-state index contributed by atoms with van der Waals surface area (Å²) < 4.78 is 0. The molecule has 0 saturated carbocycles. The van der Waals surface area contributed by atoms with Crippen LogP contribution in [0.5, 0.6) is 0 Å². The van der Waals surface area contributed by atoms with Crippen LogP contribution in [0.4, 0.5) is 0 Å². The predicted molar refractivity (Wildman–Crippen MR) is 48.0 cm³/mol. The van der Waals surface area contributed by atoms with Crippen LogP contribution in [-0.4, -0.2) is 12.5 Å². The summed E-state index contributed by atoms with van der Waals surface area (Å²) in [6.07, 6.45) is 4.47. The third-order valence-electron chi connectivity index (χ3n) is 0.977. The quantitative estimate of drug-likeness (QED) is 0.444. The minimum Gasteiger partial charge on any atom is -0.443 e. The highest BCUT2D eigenvalue weighted by molar-refractivity contribution is 6.36. The molecule has 2 nitrogen and oxygen atoms in total. The fourth-order valence-corrected chi connectivity index (χ4v) is 0.513. The van der Waals surface area contributed by atoms with Gasteiger partial charge in [0.15, 0.2) is 0 Å². The molecule has 57 valence electrons. The maximum Gasteiger partial charge on any atom is 0.388 e. The van der Waals surface area contributed by atoms with E-state index < -0.39 is 0 Å². The zero-order valence-corrected chi connectivity index (χ0v) is 6.44. The first-order valence-corrected chi connectivity index (χ1v) is 3.22. The number of hydrogen-bond donors (Lipinski definition) is 1.